The van der Waals surface area contributed by atoms with Crippen LogP contribution in [0.2, 0.25) is 0 Å². The Morgan fingerprint density at radius 1 is 1.21 bits per heavy atom. The molecule has 0 bridgehead atoms. The van der Waals surface area contributed by atoms with Gasteiger partial charge in [-0.3, -0.25) is 14.2 Å². The van der Waals surface area contributed by atoms with Crippen molar-refractivity contribution in [2.24, 2.45) is 13.0 Å². The SMILES string of the molecule is CC(C)Cc1ccc(C(C)NC(=O)CSc2nc3sccc3c(=O)n2C)cc1. The molecule has 0 fully saturated rings. The number of benzene rings is 1. The van der Waals surface area contributed by atoms with Crippen LogP contribution in [0.1, 0.15) is 37.9 Å². The molecular formula is C21H25N3O2S2. The summed E-state index contributed by atoms with van der Waals surface area (Å²) < 4.78 is 1.50. The fourth-order valence-corrected chi connectivity index (χ4v) is 4.61. The predicted octanol–water partition coefficient (Wildman–Crippen LogP) is 4.16. The third-order valence-electron chi connectivity index (χ3n) is 4.50. The summed E-state index contributed by atoms with van der Waals surface area (Å²) in [6.07, 6.45) is 1.05. The van der Waals surface area contributed by atoms with E-state index in [4.69, 9.17) is 0 Å². The maximum Gasteiger partial charge on any atom is 0.262 e. The molecule has 3 aromatic rings. The number of hydrogen-bond donors (Lipinski definition) is 1. The number of fused-ring (bicyclic) bond motifs is 1. The Kier molecular flexibility index (Phi) is 6.57. The lowest BCUT2D eigenvalue weighted by molar-refractivity contribution is -0.119. The zero-order valence-corrected chi connectivity index (χ0v) is 18.2. The monoisotopic (exact) mass is 415 g/mol. The highest BCUT2D eigenvalue weighted by Gasteiger charge is 2.14. The lowest BCUT2D eigenvalue weighted by Gasteiger charge is -2.15. The zero-order valence-electron chi connectivity index (χ0n) is 16.6. The van der Waals surface area contributed by atoms with E-state index in [9.17, 15) is 9.59 Å². The Labute approximate surface area is 173 Å². The molecule has 0 aliphatic rings. The number of aromatic nitrogens is 2. The topological polar surface area (TPSA) is 64.0 Å². The third-order valence-corrected chi connectivity index (χ3v) is 6.33. The molecule has 1 aromatic carbocycles. The summed E-state index contributed by atoms with van der Waals surface area (Å²) >= 11 is 2.71. The Bertz CT molecular complexity index is 1020. The van der Waals surface area contributed by atoms with Gasteiger partial charge in [-0.2, -0.15) is 0 Å². The fourth-order valence-electron chi connectivity index (χ4n) is 3.02. The number of carbonyl (C=O) groups excluding carboxylic acids is 1. The lowest BCUT2D eigenvalue weighted by atomic mass is 10.00. The highest BCUT2D eigenvalue weighted by atomic mass is 32.2. The average Bonchev–Trinajstić information content (AvgIpc) is 3.12. The highest BCUT2D eigenvalue weighted by molar-refractivity contribution is 7.99. The van der Waals surface area contributed by atoms with Crippen LogP contribution in [0.25, 0.3) is 10.2 Å². The van der Waals surface area contributed by atoms with E-state index in [0.717, 1.165) is 12.0 Å². The summed E-state index contributed by atoms with van der Waals surface area (Å²) in [6, 6.07) is 10.1. The van der Waals surface area contributed by atoms with E-state index in [1.54, 1.807) is 13.1 Å². The molecule has 2 aromatic heterocycles. The predicted molar refractivity (Wildman–Crippen MR) is 117 cm³/mol. The quantitative estimate of drug-likeness (QED) is 0.465. The van der Waals surface area contributed by atoms with E-state index >= 15 is 0 Å². The normalized spacial score (nSPS) is 12.5. The first-order chi connectivity index (χ1) is 13.3. The Morgan fingerprint density at radius 3 is 2.61 bits per heavy atom. The van der Waals surface area contributed by atoms with Gasteiger partial charge in [0.1, 0.15) is 4.83 Å². The maximum atomic E-state index is 12.4. The van der Waals surface area contributed by atoms with Crippen LogP contribution in [0.15, 0.2) is 45.7 Å². The van der Waals surface area contributed by atoms with E-state index in [0.29, 0.717) is 21.3 Å². The molecule has 0 saturated heterocycles. The Hall–Kier alpha value is -2.12. The van der Waals surface area contributed by atoms with Crippen LogP contribution in [0, 0.1) is 5.92 Å². The van der Waals surface area contributed by atoms with Crippen molar-refractivity contribution >= 4 is 39.2 Å². The van der Waals surface area contributed by atoms with Crippen molar-refractivity contribution in [2.45, 2.75) is 38.4 Å². The minimum Gasteiger partial charge on any atom is -0.349 e. The highest BCUT2D eigenvalue weighted by Crippen LogP contribution is 2.21. The summed E-state index contributed by atoms with van der Waals surface area (Å²) in [5.74, 6) is 0.759. The second kappa shape index (κ2) is 8.92. The van der Waals surface area contributed by atoms with Crippen molar-refractivity contribution in [3.63, 3.8) is 0 Å². The summed E-state index contributed by atoms with van der Waals surface area (Å²) in [4.78, 5) is 29.9. The van der Waals surface area contributed by atoms with Crippen LogP contribution < -0.4 is 10.9 Å². The van der Waals surface area contributed by atoms with E-state index in [1.807, 2.05) is 12.3 Å². The Morgan fingerprint density at radius 2 is 1.93 bits per heavy atom. The van der Waals surface area contributed by atoms with Gasteiger partial charge in [-0.1, -0.05) is 49.9 Å². The molecule has 2 heterocycles. The van der Waals surface area contributed by atoms with Crippen LogP contribution in [0.3, 0.4) is 0 Å². The molecule has 0 radical (unpaired) electrons. The first-order valence-corrected chi connectivity index (χ1v) is 11.2. The minimum absolute atomic E-state index is 0.0715. The van der Waals surface area contributed by atoms with Crippen LogP contribution in [0.5, 0.6) is 0 Å². The van der Waals surface area contributed by atoms with Crippen molar-refractivity contribution in [2.75, 3.05) is 5.75 Å². The number of nitrogens with zero attached hydrogens (tertiary/aromatic N) is 2. The molecule has 28 heavy (non-hydrogen) atoms. The van der Waals surface area contributed by atoms with Crippen molar-refractivity contribution in [1.29, 1.82) is 0 Å². The van der Waals surface area contributed by atoms with Gasteiger partial charge in [-0.25, -0.2) is 4.98 Å². The lowest BCUT2D eigenvalue weighted by Crippen LogP contribution is -2.28. The van der Waals surface area contributed by atoms with Crippen molar-refractivity contribution in [1.82, 2.24) is 14.9 Å². The molecule has 1 atom stereocenters. The number of amides is 1. The molecule has 7 heteroatoms. The molecule has 1 unspecified atom stereocenters. The molecule has 148 valence electrons. The van der Waals surface area contributed by atoms with E-state index < -0.39 is 0 Å². The van der Waals surface area contributed by atoms with Gasteiger partial charge >= 0.3 is 0 Å². The van der Waals surface area contributed by atoms with Crippen molar-refractivity contribution in [3.05, 3.63) is 57.2 Å². The van der Waals surface area contributed by atoms with Gasteiger partial charge in [0, 0.05) is 7.05 Å². The molecule has 3 rings (SSSR count). The van der Waals surface area contributed by atoms with Gasteiger partial charge in [0.2, 0.25) is 5.91 Å². The first kappa shape index (κ1) is 20.6. The van der Waals surface area contributed by atoms with E-state index in [1.165, 1.54) is 33.2 Å². The van der Waals surface area contributed by atoms with Crippen molar-refractivity contribution < 1.29 is 4.79 Å². The molecule has 1 N–H and O–H groups in total. The second-order valence-corrected chi connectivity index (χ2v) is 9.15. The number of thiophene rings is 1. The standard InChI is InChI=1S/C21H25N3O2S2/c1-13(2)11-15-5-7-16(8-6-15)14(3)22-18(25)12-28-21-23-19-17(9-10-27-19)20(26)24(21)4/h5-10,13-14H,11-12H2,1-4H3,(H,22,25). The molecule has 0 aliphatic heterocycles. The maximum absolute atomic E-state index is 12.4. The van der Waals surface area contributed by atoms with Gasteiger partial charge in [-0.15, -0.1) is 11.3 Å². The number of hydrogen-bond acceptors (Lipinski definition) is 5. The van der Waals surface area contributed by atoms with Crippen LogP contribution in [-0.4, -0.2) is 21.2 Å². The largest absolute Gasteiger partial charge is 0.349 e. The van der Waals surface area contributed by atoms with Crippen molar-refractivity contribution in [3.8, 4) is 0 Å². The number of rotatable bonds is 7. The smallest absolute Gasteiger partial charge is 0.262 e. The average molecular weight is 416 g/mol. The summed E-state index contributed by atoms with van der Waals surface area (Å²) in [5.41, 5.74) is 2.31. The summed E-state index contributed by atoms with van der Waals surface area (Å²) in [5, 5.41) is 6.05. The molecule has 1 amide bonds. The van der Waals surface area contributed by atoms with Gasteiger partial charge < -0.3 is 5.32 Å². The van der Waals surface area contributed by atoms with Gasteiger partial charge in [0.25, 0.3) is 5.56 Å². The first-order valence-electron chi connectivity index (χ1n) is 9.30. The fraction of sp³-hybridized carbons (Fsp3) is 0.381. The molecule has 0 aliphatic carbocycles. The van der Waals surface area contributed by atoms with Gasteiger partial charge in [0.15, 0.2) is 5.16 Å². The molecule has 0 spiro atoms. The third kappa shape index (κ3) is 4.83. The zero-order chi connectivity index (χ0) is 20.3. The summed E-state index contributed by atoms with van der Waals surface area (Å²) in [7, 11) is 1.69. The summed E-state index contributed by atoms with van der Waals surface area (Å²) in [6.45, 7) is 6.39. The van der Waals surface area contributed by atoms with Gasteiger partial charge in [0.05, 0.1) is 17.2 Å². The van der Waals surface area contributed by atoms with Gasteiger partial charge in [-0.05, 0) is 41.8 Å². The van der Waals surface area contributed by atoms with E-state index in [-0.39, 0.29) is 23.3 Å². The number of nitrogens with one attached hydrogen (secondary N) is 1. The molecule has 5 nitrogen and oxygen atoms in total. The Balaban J connectivity index is 1.60. The van der Waals surface area contributed by atoms with Crippen LogP contribution >= 0.6 is 23.1 Å². The van der Waals surface area contributed by atoms with Crippen LogP contribution in [0.4, 0.5) is 0 Å². The second-order valence-electron chi connectivity index (χ2n) is 7.32. The van der Waals surface area contributed by atoms with E-state index in [2.05, 4.69) is 48.4 Å². The molecule has 0 saturated carbocycles. The number of carbonyl (C=O) groups is 1. The minimum atomic E-state index is -0.0796. The number of thioether (sulfide) groups is 1. The molecular weight excluding hydrogens is 390 g/mol. The van der Waals surface area contributed by atoms with Crippen LogP contribution in [-0.2, 0) is 18.3 Å².